The van der Waals surface area contributed by atoms with Crippen LogP contribution in [0.15, 0.2) is 36.4 Å². The van der Waals surface area contributed by atoms with Crippen LogP contribution >= 0.6 is 0 Å². The second-order valence-corrected chi connectivity index (χ2v) is 4.99. The molecule has 0 radical (unpaired) electrons. The van der Waals surface area contributed by atoms with Crippen LogP contribution in [0.3, 0.4) is 0 Å². The summed E-state index contributed by atoms with van der Waals surface area (Å²) in [4.78, 5) is 0. The van der Waals surface area contributed by atoms with Gasteiger partial charge in [0.25, 0.3) is 0 Å². The second kappa shape index (κ2) is 5.84. The van der Waals surface area contributed by atoms with E-state index in [-0.39, 0.29) is 0 Å². The lowest BCUT2D eigenvalue weighted by molar-refractivity contribution is 0.0695. The minimum atomic E-state index is -1.08. The summed E-state index contributed by atoms with van der Waals surface area (Å²) in [7, 11) is 1.55. The first-order valence-electron chi connectivity index (χ1n) is 6.38. The van der Waals surface area contributed by atoms with Gasteiger partial charge in [0.05, 0.1) is 12.8 Å². The topological polar surface area (TPSA) is 55.2 Å². The molecule has 20 heavy (non-hydrogen) atoms. The maximum absolute atomic E-state index is 10.00. The summed E-state index contributed by atoms with van der Waals surface area (Å²) in [5.74, 6) is 0.528. The zero-order chi connectivity index (χ0) is 14.6. The van der Waals surface area contributed by atoms with E-state index < -0.39 is 5.60 Å². The van der Waals surface area contributed by atoms with E-state index in [2.05, 4.69) is 10.2 Å². The number of aromatic nitrogens is 2. The summed E-state index contributed by atoms with van der Waals surface area (Å²) in [6.07, 6.45) is 3.81. The number of benzene rings is 1. The maximum Gasteiger partial charge on any atom is 0.147 e. The zero-order valence-electron chi connectivity index (χ0n) is 11.9. The van der Waals surface area contributed by atoms with Crippen LogP contribution in [0.2, 0.25) is 0 Å². The van der Waals surface area contributed by atoms with Crippen LogP contribution in [0.5, 0.6) is 5.75 Å². The third kappa shape index (κ3) is 3.42. The third-order valence-corrected chi connectivity index (χ3v) is 2.82. The summed E-state index contributed by atoms with van der Waals surface area (Å²) in [6.45, 7) is 3.30. The van der Waals surface area contributed by atoms with Crippen LogP contribution in [0, 0.1) is 0 Å². The second-order valence-electron chi connectivity index (χ2n) is 4.99. The Balaban J connectivity index is 2.29. The highest BCUT2D eigenvalue weighted by molar-refractivity contribution is 5.68. The molecule has 2 aromatic rings. The standard InChI is InChI=1S/C16H18N2O2/c1-16(2,19)15-14(20-3)11-13(17-18-15)10-9-12-7-5-4-6-8-12/h4-11,19H,1-3H3/b10-9+. The SMILES string of the molecule is COc1cc(/C=C/c2ccccc2)nnc1C(C)(C)O. The first-order valence-corrected chi connectivity index (χ1v) is 6.38. The Kier molecular flexibility index (Phi) is 4.15. The summed E-state index contributed by atoms with van der Waals surface area (Å²) >= 11 is 0. The Labute approximate surface area is 118 Å². The van der Waals surface area contributed by atoms with Gasteiger partial charge in [-0.25, -0.2) is 0 Å². The van der Waals surface area contributed by atoms with Crippen molar-refractivity contribution in [1.29, 1.82) is 0 Å². The van der Waals surface area contributed by atoms with Gasteiger partial charge in [-0.15, -0.1) is 5.10 Å². The van der Waals surface area contributed by atoms with Gasteiger partial charge in [0.2, 0.25) is 0 Å². The molecule has 1 aromatic carbocycles. The number of ether oxygens (including phenoxy) is 1. The quantitative estimate of drug-likeness (QED) is 0.928. The van der Waals surface area contributed by atoms with E-state index in [9.17, 15) is 5.11 Å². The van der Waals surface area contributed by atoms with Gasteiger partial charge in [0, 0.05) is 6.07 Å². The molecule has 104 valence electrons. The molecule has 0 aliphatic carbocycles. The molecular weight excluding hydrogens is 252 g/mol. The predicted octanol–water partition coefficient (Wildman–Crippen LogP) is 2.88. The van der Waals surface area contributed by atoms with Crippen molar-refractivity contribution < 1.29 is 9.84 Å². The van der Waals surface area contributed by atoms with E-state index in [1.807, 2.05) is 42.5 Å². The van der Waals surface area contributed by atoms with Crippen LogP contribution in [-0.4, -0.2) is 22.4 Å². The number of hydrogen-bond donors (Lipinski definition) is 1. The Bertz CT molecular complexity index is 602. The van der Waals surface area contributed by atoms with Gasteiger partial charge in [-0.1, -0.05) is 36.4 Å². The molecule has 0 aliphatic heterocycles. The summed E-state index contributed by atoms with van der Waals surface area (Å²) in [5.41, 5.74) is 1.11. The number of nitrogens with zero attached hydrogens (tertiary/aromatic N) is 2. The predicted molar refractivity (Wildman–Crippen MR) is 79.2 cm³/mol. The van der Waals surface area contributed by atoms with E-state index >= 15 is 0 Å². The zero-order valence-corrected chi connectivity index (χ0v) is 11.9. The Morgan fingerprint density at radius 2 is 1.80 bits per heavy atom. The fourth-order valence-electron chi connectivity index (χ4n) is 1.80. The molecular formula is C16H18N2O2. The molecule has 0 spiro atoms. The summed E-state index contributed by atoms with van der Waals surface area (Å²) < 4.78 is 5.27. The van der Waals surface area contributed by atoms with Gasteiger partial charge in [-0.05, 0) is 25.5 Å². The number of hydrogen-bond acceptors (Lipinski definition) is 4. The molecule has 0 atom stereocenters. The van der Waals surface area contributed by atoms with Gasteiger partial charge in [0.1, 0.15) is 17.0 Å². The van der Waals surface area contributed by atoms with Crippen LogP contribution < -0.4 is 4.74 Å². The molecule has 0 saturated carbocycles. The van der Waals surface area contributed by atoms with Gasteiger partial charge in [-0.2, -0.15) is 5.10 Å². The summed E-state index contributed by atoms with van der Waals surface area (Å²) in [6, 6.07) is 11.7. The molecule has 1 aromatic heterocycles. The van der Waals surface area contributed by atoms with Gasteiger partial charge < -0.3 is 9.84 Å². The van der Waals surface area contributed by atoms with Crippen molar-refractivity contribution in [2.45, 2.75) is 19.4 Å². The lowest BCUT2D eigenvalue weighted by atomic mass is 10.0. The third-order valence-electron chi connectivity index (χ3n) is 2.82. The highest BCUT2D eigenvalue weighted by atomic mass is 16.5. The Morgan fingerprint density at radius 3 is 2.40 bits per heavy atom. The van der Waals surface area contributed by atoms with E-state index in [1.165, 1.54) is 0 Å². The van der Waals surface area contributed by atoms with E-state index in [0.29, 0.717) is 17.1 Å². The summed E-state index contributed by atoms with van der Waals surface area (Å²) in [5, 5.41) is 18.1. The fourth-order valence-corrected chi connectivity index (χ4v) is 1.80. The van der Waals surface area contributed by atoms with E-state index in [0.717, 1.165) is 5.56 Å². The van der Waals surface area contributed by atoms with Crippen molar-refractivity contribution in [2.75, 3.05) is 7.11 Å². The van der Waals surface area contributed by atoms with Crippen molar-refractivity contribution in [2.24, 2.45) is 0 Å². The van der Waals surface area contributed by atoms with Crippen LogP contribution in [0.4, 0.5) is 0 Å². The van der Waals surface area contributed by atoms with E-state index in [4.69, 9.17) is 4.74 Å². The number of rotatable bonds is 4. The number of methoxy groups -OCH3 is 1. The first kappa shape index (κ1) is 14.2. The smallest absolute Gasteiger partial charge is 0.147 e. The monoisotopic (exact) mass is 270 g/mol. The molecule has 0 aliphatic rings. The fraction of sp³-hybridized carbons (Fsp3) is 0.250. The van der Waals surface area contributed by atoms with Crippen LogP contribution in [0.25, 0.3) is 12.2 Å². The molecule has 0 bridgehead atoms. The Morgan fingerprint density at radius 1 is 1.10 bits per heavy atom. The minimum absolute atomic E-state index is 0.428. The maximum atomic E-state index is 10.00. The largest absolute Gasteiger partial charge is 0.495 e. The van der Waals surface area contributed by atoms with Gasteiger partial charge >= 0.3 is 0 Å². The van der Waals surface area contributed by atoms with Crippen molar-refractivity contribution in [3.8, 4) is 5.75 Å². The molecule has 1 heterocycles. The molecule has 0 fully saturated rings. The average Bonchev–Trinajstić information content (AvgIpc) is 2.45. The van der Waals surface area contributed by atoms with E-state index in [1.54, 1.807) is 27.0 Å². The lowest BCUT2D eigenvalue weighted by Gasteiger charge is -2.18. The molecule has 4 nitrogen and oxygen atoms in total. The normalized spacial score (nSPS) is 11.8. The molecule has 0 unspecified atom stereocenters. The molecule has 0 amide bonds. The van der Waals surface area contributed by atoms with Crippen LogP contribution in [0.1, 0.15) is 30.8 Å². The lowest BCUT2D eigenvalue weighted by Crippen LogP contribution is -2.19. The molecule has 0 saturated heterocycles. The Hall–Kier alpha value is -2.20. The minimum Gasteiger partial charge on any atom is -0.495 e. The van der Waals surface area contributed by atoms with Gasteiger partial charge in [-0.3, -0.25) is 0 Å². The highest BCUT2D eigenvalue weighted by Gasteiger charge is 2.23. The highest BCUT2D eigenvalue weighted by Crippen LogP contribution is 2.27. The van der Waals surface area contributed by atoms with Crippen LogP contribution in [-0.2, 0) is 5.60 Å². The van der Waals surface area contributed by atoms with Crippen molar-refractivity contribution in [3.05, 3.63) is 53.3 Å². The average molecular weight is 270 g/mol. The van der Waals surface area contributed by atoms with Crippen molar-refractivity contribution in [3.63, 3.8) is 0 Å². The molecule has 2 rings (SSSR count). The van der Waals surface area contributed by atoms with Crippen molar-refractivity contribution >= 4 is 12.2 Å². The molecule has 1 N–H and O–H groups in total. The number of aliphatic hydroxyl groups is 1. The van der Waals surface area contributed by atoms with Gasteiger partial charge in [0.15, 0.2) is 0 Å². The first-order chi connectivity index (χ1) is 9.50. The van der Waals surface area contributed by atoms with Crippen molar-refractivity contribution in [1.82, 2.24) is 10.2 Å². The molecule has 4 heteroatoms.